The lowest BCUT2D eigenvalue weighted by Crippen LogP contribution is -2.59. The second kappa shape index (κ2) is 15.2. The minimum absolute atomic E-state index is 0.0659. The lowest BCUT2D eigenvalue weighted by atomic mass is 9.99. The van der Waals surface area contributed by atoms with E-state index in [4.69, 9.17) is 10.5 Å². The highest BCUT2D eigenvalue weighted by Crippen LogP contribution is 2.21. The van der Waals surface area contributed by atoms with Gasteiger partial charge < -0.3 is 36.4 Å². The van der Waals surface area contributed by atoms with Crippen LogP contribution >= 0.6 is 0 Å². The molecule has 1 aliphatic rings. The molecule has 0 aliphatic carbocycles. The van der Waals surface area contributed by atoms with Gasteiger partial charge in [-0.2, -0.15) is 0 Å². The van der Waals surface area contributed by atoms with Crippen LogP contribution in [0.2, 0.25) is 0 Å². The van der Waals surface area contributed by atoms with E-state index in [1.165, 1.54) is 4.90 Å². The SMILES string of the molecule is CCCCOC(=O)N[C@@H](CC(N)=O)C(=O)NC(Cc1ccccc1)C(O)C(=O)N1CCC[C@H]1C(=O)NC(C)(C)C. The molecular formula is C28H43N5O7. The van der Waals surface area contributed by atoms with Crippen molar-refractivity contribution in [2.75, 3.05) is 13.2 Å². The molecule has 0 saturated carbocycles. The number of primary amides is 1. The van der Waals surface area contributed by atoms with E-state index in [1.54, 1.807) is 30.3 Å². The average molecular weight is 562 g/mol. The molecule has 1 aromatic carbocycles. The van der Waals surface area contributed by atoms with Gasteiger partial charge in [0.2, 0.25) is 17.7 Å². The van der Waals surface area contributed by atoms with Crippen LogP contribution in [0.5, 0.6) is 0 Å². The Morgan fingerprint density at radius 3 is 2.40 bits per heavy atom. The van der Waals surface area contributed by atoms with Crippen LogP contribution in [0, 0.1) is 0 Å². The van der Waals surface area contributed by atoms with Crippen LogP contribution in [0.15, 0.2) is 30.3 Å². The van der Waals surface area contributed by atoms with Gasteiger partial charge in [0.15, 0.2) is 6.10 Å². The van der Waals surface area contributed by atoms with Crippen LogP contribution in [0.3, 0.4) is 0 Å². The number of nitrogens with one attached hydrogen (secondary N) is 3. The predicted octanol–water partition coefficient (Wildman–Crippen LogP) is 0.751. The monoisotopic (exact) mass is 561 g/mol. The number of amides is 5. The fraction of sp³-hybridized carbons (Fsp3) is 0.607. The number of rotatable bonds is 13. The maximum Gasteiger partial charge on any atom is 0.407 e. The Morgan fingerprint density at radius 1 is 1.12 bits per heavy atom. The second-order valence-corrected chi connectivity index (χ2v) is 11.0. The van der Waals surface area contributed by atoms with Gasteiger partial charge in [0.05, 0.1) is 19.1 Å². The molecule has 0 spiro atoms. The summed E-state index contributed by atoms with van der Waals surface area (Å²) in [6.45, 7) is 7.84. The molecule has 0 aromatic heterocycles. The molecule has 5 amide bonds. The summed E-state index contributed by atoms with van der Waals surface area (Å²) in [5.41, 5.74) is 5.52. The zero-order chi connectivity index (χ0) is 29.9. The largest absolute Gasteiger partial charge is 0.450 e. The van der Waals surface area contributed by atoms with Crippen LogP contribution in [0.4, 0.5) is 4.79 Å². The van der Waals surface area contributed by atoms with Crippen molar-refractivity contribution in [2.24, 2.45) is 5.73 Å². The van der Waals surface area contributed by atoms with Gasteiger partial charge in [0.25, 0.3) is 5.91 Å². The topological polar surface area (TPSA) is 180 Å². The van der Waals surface area contributed by atoms with Crippen LogP contribution in [0.1, 0.15) is 65.4 Å². The maximum absolute atomic E-state index is 13.5. The van der Waals surface area contributed by atoms with E-state index >= 15 is 0 Å². The van der Waals surface area contributed by atoms with Gasteiger partial charge in [0.1, 0.15) is 12.1 Å². The number of alkyl carbamates (subject to hydrolysis) is 1. The number of carbonyl (C=O) groups is 5. The molecule has 0 bridgehead atoms. The number of likely N-dealkylation sites (tertiary alicyclic amines) is 1. The van der Waals surface area contributed by atoms with E-state index < -0.39 is 60.0 Å². The number of benzene rings is 1. The number of ether oxygens (including phenoxy) is 1. The van der Waals surface area contributed by atoms with E-state index in [0.717, 1.165) is 12.0 Å². The minimum Gasteiger partial charge on any atom is -0.450 e. The number of nitrogens with two attached hydrogens (primary N) is 1. The van der Waals surface area contributed by atoms with Gasteiger partial charge in [-0.3, -0.25) is 19.2 Å². The lowest BCUT2D eigenvalue weighted by Gasteiger charge is -2.32. The first-order valence-corrected chi connectivity index (χ1v) is 13.7. The van der Waals surface area contributed by atoms with Gasteiger partial charge in [-0.05, 0) is 52.0 Å². The zero-order valence-corrected chi connectivity index (χ0v) is 23.8. The highest BCUT2D eigenvalue weighted by atomic mass is 16.5. The lowest BCUT2D eigenvalue weighted by molar-refractivity contribution is -0.147. The van der Waals surface area contributed by atoms with E-state index in [2.05, 4.69) is 16.0 Å². The van der Waals surface area contributed by atoms with Gasteiger partial charge in [-0.1, -0.05) is 43.7 Å². The Morgan fingerprint density at radius 2 is 1.80 bits per heavy atom. The van der Waals surface area contributed by atoms with Crippen LogP contribution < -0.4 is 21.7 Å². The first-order valence-electron chi connectivity index (χ1n) is 13.7. The Kier molecular flexibility index (Phi) is 12.4. The van der Waals surface area contributed by atoms with Gasteiger partial charge >= 0.3 is 6.09 Å². The molecule has 40 heavy (non-hydrogen) atoms. The molecule has 0 radical (unpaired) electrons. The zero-order valence-electron chi connectivity index (χ0n) is 23.8. The number of carbonyl (C=O) groups excluding carboxylic acids is 5. The quantitative estimate of drug-likeness (QED) is 0.220. The molecule has 222 valence electrons. The maximum atomic E-state index is 13.5. The van der Waals surface area contributed by atoms with Gasteiger partial charge in [0, 0.05) is 12.1 Å². The predicted molar refractivity (Wildman–Crippen MR) is 148 cm³/mol. The van der Waals surface area contributed by atoms with Crippen LogP contribution in [-0.2, 0) is 30.3 Å². The highest BCUT2D eigenvalue weighted by Gasteiger charge is 2.40. The van der Waals surface area contributed by atoms with E-state index in [0.29, 0.717) is 19.3 Å². The average Bonchev–Trinajstić information content (AvgIpc) is 3.37. The van der Waals surface area contributed by atoms with Crippen molar-refractivity contribution in [1.29, 1.82) is 0 Å². The molecule has 12 heteroatoms. The summed E-state index contributed by atoms with van der Waals surface area (Å²) in [6.07, 6.45) is -0.606. The van der Waals surface area contributed by atoms with E-state index in [9.17, 15) is 29.1 Å². The number of nitrogens with zero attached hydrogens (tertiary/aromatic N) is 1. The first-order chi connectivity index (χ1) is 18.8. The van der Waals surface area contributed by atoms with Crippen molar-refractivity contribution < 1.29 is 33.8 Å². The van der Waals surface area contributed by atoms with Crippen molar-refractivity contribution in [3.05, 3.63) is 35.9 Å². The summed E-state index contributed by atoms with van der Waals surface area (Å²) < 4.78 is 5.04. The third-order valence-corrected chi connectivity index (χ3v) is 6.34. The minimum atomic E-state index is -1.71. The second-order valence-electron chi connectivity index (χ2n) is 11.0. The summed E-state index contributed by atoms with van der Waals surface area (Å²) in [5, 5.41) is 19.1. The standard InChI is InChI=1S/C28H43N5O7/c1-5-6-15-40-27(39)31-20(17-22(29)34)24(36)30-19(16-18-11-8-7-9-12-18)23(35)26(38)33-14-10-13-21(33)25(37)32-28(2,3)4/h7-9,11-12,19-21,23,35H,5-6,10,13-17H2,1-4H3,(H2,29,34)(H,30,36)(H,31,39)(H,32,37)/t19?,20-,21-,23?/m0/s1. The summed E-state index contributed by atoms with van der Waals surface area (Å²) in [4.78, 5) is 64.8. The third-order valence-electron chi connectivity index (χ3n) is 6.34. The molecule has 2 rings (SSSR count). The smallest absolute Gasteiger partial charge is 0.407 e. The number of aliphatic hydroxyl groups is 1. The van der Waals surface area contributed by atoms with Gasteiger partial charge in [-0.25, -0.2) is 4.79 Å². The van der Waals surface area contributed by atoms with E-state index in [1.807, 2.05) is 27.7 Å². The van der Waals surface area contributed by atoms with Crippen molar-refractivity contribution >= 4 is 29.7 Å². The summed E-state index contributed by atoms with van der Waals surface area (Å²) in [7, 11) is 0. The molecule has 1 saturated heterocycles. The molecule has 1 heterocycles. The highest BCUT2D eigenvalue weighted by molar-refractivity contribution is 5.93. The fourth-order valence-corrected chi connectivity index (χ4v) is 4.39. The van der Waals surface area contributed by atoms with Crippen molar-refractivity contribution in [3.63, 3.8) is 0 Å². The molecule has 2 unspecified atom stereocenters. The number of aliphatic hydroxyl groups excluding tert-OH is 1. The van der Waals surface area contributed by atoms with Crippen molar-refractivity contribution in [1.82, 2.24) is 20.9 Å². The number of hydrogen-bond donors (Lipinski definition) is 5. The van der Waals surface area contributed by atoms with Crippen LogP contribution in [-0.4, -0.2) is 82.6 Å². The van der Waals surface area contributed by atoms with Gasteiger partial charge in [-0.15, -0.1) is 0 Å². The van der Waals surface area contributed by atoms with E-state index in [-0.39, 0.29) is 25.5 Å². The number of unbranched alkanes of at least 4 members (excludes halogenated alkanes) is 1. The van der Waals surface area contributed by atoms with Crippen LogP contribution in [0.25, 0.3) is 0 Å². The Labute approximate surface area is 235 Å². The van der Waals surface area contributed by atoms with Crippen molar-refractivity contribution in [3.8, 4) is 0 Å². The number of hydrogen-bond acceptors (Lipinski definition) is 7. The Balaban J connectivity index is 2.24. The molecular weight excluding hydrogens is 518 g/mol. The molecule has 4 atom stereocenters. The third kappa shape index (κ3) is 10.5. The molecule has 1 fully saturated rings. The summed E-state index contributed by atoms with van der Waals surface area (Å²) in [5.74, 6) is -2.68. The fourth-order valence-electron chi connectivity index (χ4n) is 4.39. The first kappa shape index (κ1) is 32.5. The summed E-state index contributed by atoms with van der Waals surface area (Å²) >= 11 is 0. The summed E-state index contributed by atoms with van der Waals surface area (Å²) in [6, 6.07) is 5.63. The normalized spacial score (nSPS) is 17.3. The molecule has 6 N–H and O–H groups in total. The van der Waals surface area contributed by atoms with Crippen molar-refractivity contribution in [2.45, 2.75) is 96.0 Å². The molecule has 1 aliphatic heterocycles. The Bertz CT molecular complexity index is 1030. The molecule has 1 aromatic rings. The molecule has 12 nitrogen and oxygen atoms in total. The Hall–Kier alpha value is -3.67.